The first-order valence-electron chi connectivity index (χ1n) is 10.8. The average Bonchev–Trinajstić information content (AvgIpc) is 3.04. The molecule has 0 bridgehead atoms. The van der Waals surface area contributed by atoms with Crippen molar-refractivity contribution in [2.75, 3.05) is 6.61 Å². The molecule has 0 aromatic heterocycles. The molecule has 1 aliphatic carbocycles. The van der Waals surface area contributed by atoms with Crippen LogP contribution in [-0.2, 0) is 11.0 Å². The fourth-order valence-corrected chi connectivity index (χ4v) is 6.43. The molecule has 1 heterocycles. The maximum atomic E-state index is 12.6. The van der Waals surface area contributed by atoms with Crippen LogP contribution in [0.1, 0.15) is 44.1 Å². The quantitative estimate of drug-likeness (QED) is 0.457. The predicted octanol–water partition coefficient (Wildman–Crippen LogP) is 4.52. The van der Waals surface area contributed by atoms with Crippen LogP contribution in [0.25, 0.3) is 0 Å². The van der Waals surface area contributed by atoms with Gasteiger partial charge < -0.3 is 20.1 Å². The monoisotopic (exact) mass is 474 g/mol. The van der Waals surface area contributed by atoms with Crippen molar-refractivity contribution in [2.24, 2.45) is 11.8 Å². The summed E-state index contributed by atoms with van der Waals surface area (Å²) in [7, 11) is 0. The van der Waals surface area contributed by atoms with Crippen molar-refractivity contribution >= 4 is 17.7 Å². The lowest BCUT2D eigenvalue weighted by molar-refractivity contribution is -0.138. The van der Waals surface area contributed by atoms with Gasteiger partial charge in [0.05, 0.1) is 11.7 Å². The van der Waals surface area contributed by atoms with Crippen LogP contribution in [0, 0.1) is 11.8 Å². The molecule has 0 spiro atoms. The van der Waals surface area contributed by atoms with Crippen LogP contribution in [-0.4, -0.2) is 50.6 Å². The maximum Gasteiger partial charge on any atom is 0.416 e. The zero-order chi connectivity index (χ0) is 23.3. The molecule has 1 saturated carbocycles. The molecule has 9 heteroatoms. The van der Waals surface area contributed by atoms with Gasteiger partial charge in [-0.3, -0.25) is 4.79 Å². The minimum Gasteiger partial charge on any atom is -0.491 e. The SMILES string of the molecule is O=C(O)CCC[C@H]1CC[C@@H]2[C@@H](/C=C/[C@@H](O)COc3ccc(C(F)(F)F)cc3)[C@H](O)C[C@@H]2S1. The molecule has 1 aromatic rings. The van der Waals surface area contributed by atoms with E-state index >= 15 is 0 Å². The van der Waals surface area contributed by atoms with E-state index < -0.39 is 29.9 Å². The van der Waals surface area contributed by atoms with Crippen molar-refractivity contribution in [1.29, 1.82) is 0 Å². The number of rotatable bonds is 9. The van der Waals surface area contributed by atoms with Crippen molar-refractivity contribution in [3.63, 3.8) is 0 Å². The molecule has 178 valence electrons. The molecule has 0 amide bonds. The van der Waals surface area contributed by atoms with Crippen molar-refractivity contribution in [3.8, 4) is 5.75 Å². The number of aliphatic carboxylic acids is 1. The first-order valence-corrected chi connectivity index (χ1v) is 11.8. The van der Waals surface area contributed by atoms with Gasteiger partial charge >= 0.3 is 12.1 Å². The van der Waals surface area contributed by atoms with Gasteiger partial charge in [0.2, 0.25) is 0 Å². The van der Waals surface area contributed by atoms with E-state index in [2.05, 4.69) is 0 Å². The zero-order valence-corrected chi connectivity index (χ0v) is 18.4. The number of benzene rings is 1. The van der Waals surface area contributed by atoms with Gasteiger partial charge in [0.15, 0.2) is 0 Å². The fraction of sp³-hybridized carbons (Fsp3) is 0.609. The largest absolute Gasteiger partial charge is 0.491 e. The number of alkyl halides is 3. The molecule has 3 N–H and O–H groups in total. The van der Waals surface area contributed by atoms with E-state index in [1.165, 1.54) is 12.1 Å². The first kappa shape index (κ1) is 24.9. The summed E-state index contributed by atoms with van der Waals surface area (Å²) in [5, 5.41) is 30.3. The summed E-state index contributed by atoms with van der Waals surface area (Å²) in [6, 6.07) is 4.30. The highest BCUT2D eigenvalue weighted by molar-refractivity contribution is 8.00. The van der Waals surface area contributed by atoms with Crippen LogP contribution in [0.4, 0.5) is 13.2 Å². The first-order chi connectivity index (χ1) is 15.1. The predicted molar refractivity (Wildman–Crippen MR) is 116 cm³/mol. The number of hydrogen-bond donors (Lipinski definition) is 3. The topological polar surface area (TPSA) is 87.0 Å². The molecule has 3 rings (SSSR count). The number of aliphatic hydroxyl groups is 2. The fourth-order valence-electron chi connectivity index (χ4n) is 4.53. The van der Waals surface area contributed by atoms with Gasteiger partial charge in [-0.25, -0.2) is 0 Å². The highest BCUT2D eigenvalue weighted by atomic mass is 32.2. The van der Waals surface area contributed by atoms with Gasteiger partial charge in [0, 0.05) is 22.8 Å². The molecule has 32 heavy (non-hydrogen) atoms. The second kappa shape index (κ2) is 10.9. The number of halogens is 3. The van der Waals surface area contributed by atoms with Gasteiger partial charge in [-0.1, -0.05) is 12.2 Å². The number of hydrogen-bond acceptors (Lipinski definition) is 5. The van der Waals surface area contributed by atoms with Gasteiger partial charge in [0.25, 0.3) is 0 Å². The standard InChI is InChI=1S/C23H29F3O5S/c24-23(25,26)14-4-7-16(8-5-14)31-13-15(27)6-10-18-19-11-9-17(2-1-3-22(29)30)32-21(19)12-20(18)28/h4-8,10,15,17-21,27-28H,1-3,9,11-13H2,(H,29,30)/b10-6+/t15-,17+,18-,19-,20-,21+/m1/s1. The minimum atomic E-state index is -4.41. The summed E-state index contributed by atoms with van der Waals surface area (Å²) in [6.45, 7) is -0.0980. The van der Waals surface area contributed by atoms with Crippen molar-refractivity contribution in [3.05, 3.63) is 42.0 Å². The Balaban J connectivity index is 1.46. The molecular weight excluding hydrogens is 445 g/mol. The molecule has 2 fully saturated rings. The number of ether oxygens (including phenoxy) is 1. The normalized spacial score (nSPS) is 29.1. The van der Waals surface area contributed by atoms with Crippen LogP contribution < -0.4 is 4.74 Å². The van der Waals surface area contributed by atoms with Crippen LogP contribution in [0.2, 0.25) is 0 Å². The molecule has 0 radical (unpaired) electrons. The zero-order valence-electron chi connectivity index (χ0n) is 17.6. The Morgan fingerprint density at radius 3 is 2.62 bits per heavy atom. The number of thioether (sulfide) groups is 1. The van der Waals surface area contributed by atoms with E-state index in [0.29, 0.717) is 29.3 Å². The number of carboxylic acid groups (broad SMARTS) is 1. The third-order valence-corrected chi connectivity index (χ3v) is 7.90. The van der Waals surface area contributed by atoms with Crippen LogP contribution in [0.3, 0.4) is 0 Å². The molecule has 1 aliphatic heterocycles. The number of aliphatic hydroxyl groups excluding tert-OH is 2. The molecule has 1 saturated heterocycles. The molecule has 5 nitrogen and oxygen atoms in total. The Hall–Kier alpha value is -1.71. The Labute approximate surface area is 189 Å². The second-order valence-corrected chi connectivity index (χ2v) is 10.0. The lowest BCUT2D eigenvalue weighted by Gasteiger charge is -2.33. The maximum absolute atomic E-state index is 12.6. The lowest BCUT2D eigenvalue weighted by Crippen LogP contribution is -2.27. The summed E-state index contributed by atoms with van der Waals surface area (Å²) < 4.78 is 43.2. The van der Waals surface area contributed by atoms with E-state index in [1.54, 1.807) is 6.08 Å². The minimum absolute atomic E-state index is 0.0619. The number of carboxylic acids is 1. The smallest absolute Gasteiger partial charge is 0.416 e. The van der Waals surface area contributed by atoms with E-state index in [1.807, 2.05) is 17.8 Å². The Kier molecular flexibility index (Phi) is 8.52. The van der Waals surface area contributed by atoms with Gasteiger partial charge in [-0.15, -0.1) is 0 Å². The Morgan fingerprint density at radius 2 is 1.97 bits per heavy atom. The van der Waals surface area contributed by atoms with Gasteiger partial charge in [-0.2, -0.15) is 24.9 Å². The third-order valence-electron chi connectivity index (χ3n) is 6.15. The summed E-state index contributed by atoms with van der Waals surface area (Å²) in [4.78, 5) is 10.7. The molecule has 6 atom stereocenters. The highest BCUT2D eigenvalue weighted by Gasteiger charge is 2.44. The van der Waals surface area contributed by atoms with Crippen molar-refractivity contribution < 1.29 is 38.0 Å². The van der Waals surface area contributed by atoms with Gasteiger partial charge in [0.1, 0.15) is 18.5 Å². The van der Waals surface area contributed by atoms with Crippen LogP contribution >= 0.6 is 11.8 Å². The summed E-state index contributed by atoms with van der Waals surface area (Å²) in [5.74, 6) is -0.284. The van der Waals surface area contributed by atoms with Gasteiger partial charge in [-0.05, 0) is 62.3 Å². The number of fused-ring (bicyclic) bond motifs is 1. The third kappa shape index (κ3) is 6.89. The molecule has 2 aliphatic rings. The highest BCUT2D eigenvalue weighted by Crippen LogP contribution is 2.49. The average molecular weight is 475 g/mol. The molecule has 1 aromatic carbocycles. The van der Waals surface area contributed by atoms with E-state index in [4.69, 9.17) is 9.84 Å². The Morgan fingerprint density at radius 1 is 1.25 bits per heavy atom. The van der Waals surface area contributed by atoms with E-state index in [0.717, 1.165) is 31.4 Å². The summed E-state index contributed by atoms with van der Waals surface area (Å²) in [6.07, 6.45) is 1.93. The van der Waals surface area contributed by atoms with Crippen molar-refractivity contribution in [2.45, 2.75) is 67.4 Å². The summed E-state index contributed by atoms with van der Waals surface area (Å²) in [5.41, 5.74) is -0.760. The second-order valence-electron chi connectivity index (χ2n) is 8.49. The van der Waals surface area contributed by atoms with E-state index in [9.17, 15) is 28.2 Å². The van der Waals surface area contributed by atoms with E-state index in [-0.39, 0.29) is 24.7 Å². The van der Waals surface area contributed by atoms with Crippen LogP contribution in [0.15, 0.2) is 36.4 Å². The molecule has 0 unspecified atom stereocenters. The molecular formula is C23H29F3O5S. The van der Waals surface area contributed by atoms with Crippen molar-refractivity contribution in [1.82, 2.24) is 0 Å². The number of carbonyl (C=O) groups is 1. The lowest BCUT2D eigenvalue weighted by atomic mass is 9.88. The summed E-state index contributed by atoms with van der Waals surface area (Å²) >= 11 is 1.85. The Bertz CT molecular complexity index is 783. The van der Waals surface area contributed by atoms with Crippen LogP contribution in [0.5, 0.6) is 5.75 Å².